The molecule has 1 N–H and O–H groups in total. The van der Waals surface area contributed by atoms with Crippen molar-refractivity contribution in [3.05, 3.63) is 88.4 Å². The summed E-state index contributed by atoms with van der Waals surface area (Å²) in [5.74, 6) is -0.333. The maximum atomic E-state index is 14.0. The van der Waals surface area contributed by atoms with E-state index < -0.39 is 28.5 Å². The zero-order chi connectivity index (χ0) is 29.4. The van der Waals surface area contributed by atoms with E-state index in [-0.39, 0.29) is 29.1 Å². The summed E-state index contributed by atoms with van der Waals surface area (Å²) in [7, 11) is -2.68. The second-order valence-electron chi connectivity index (χ2n) is 9.31. The summed E-state index contributed by atoms with van der Waals surface area (Å²) in [5, 5.41) is 3.58. The van der Waals surface area contributed by atoms with E-state index in [1.807, 2.05) is 13.8 Å². The van der Waals surface area contributed by atoms with Gasteiger partial charge in [0.2, 0.25) is 11.8 Å². The van der Waals surface area contributed by atoms with Crippen LogP contribution in [0, 0.1) is 0 Å². The van der Waals surface area contributed by atoms with Crippen molar-refractivity contribution in [3.63, 3.8) is 0 Å². The van der Waals surface area contributed by atoms with Crippen molar-refractivity contribution in [1.82, 2.24) is 10.2 Å². The number of anilines is 1. The van der Waals surface area contributed by atoms with Crippen LogP contribution in [0.25, 0.3) is 0 Å². The van der Waals surface area contributed by atoms with Crippen LogP contribution in [-0.4, -0.2) is 50.9 Å². The molecule has 0 saturated heterocycles. The molecule has 214 valence electrons. The Morgan fingerprint density at radius 1 is 0.950 bits per heavy atom. The van der Waals surface area contributed by atoms with Crippen molar-refractivity contribution in [2.24, 2.45) is 0 Å². The second-order valence-corrected chi connectivity index (χ2v) is 12.0. The smallest absolute Gasteiger partial charge is 0.264 e. The van der Waals surface area contributed by atoms with Crippen molar-refractivity contribution in [1.29, 1.82) is 0 Å². The van der Waals surface area contributed by atoms with Gasteiger partial charge >= 0.3 is 0 Å². The Hall–Kier alpha value is -3.27. The van der Waals surface area contributed by atoms with E-state index in [1.54, 1.807) is 49.4 Å². The van der Waals surface area contributed by atoms with Gasteiger partial charge in [-0.25, -0.2) is 8.42 Å². The number of halogens is 2. The summed E-state index contributed by atoms with van der Waals surface area (Å²) < 4.78 is 33.9. The van der Waals surface area contributed by atoms with E-state index in [1.165, 1.54) is 42.3 Å². The van der Waals surface area contributed by atoms with E-state index in [0.717, 1.165) is 4.31 Å². The Labute approximate surface area is 245 Å². The predicted octanol–water partition coefficient (Wildman–Crippen LogP) is 5.53. The minimum atomic E-state index is -4.22. The van der Waals surface area contributed by atoms with Crippen LogP contribution in [0.4, 0.5) is 5.69 Å². The van der Waals surface area contributed by atoms with Crippen LogP contribution in [0.3, 0.4) is 0 Å². The number of ether oxygens (including phenoxy) is 1. The van der Waals surface area contributed by atoms with Crippen LogP contribution in [0.15, 0.2) is 77.7 Å². The van der Waals surface area contributed by atoms with E-state index in [4.69, 9.17) is 27.9 Å². The molecule has 3 aromatic carbocycles. The molecule has 0 aromatic heterocycles. The van der Waals surface area contributed by atoms with Crippen molar-refractivity contribution in [2.75, 3.05) is 18.0 Å². The number of methoxy groups -OCH3 is 1. The van der Waals surface area contributed by atoms with Gasteiger partial charge in [0.15, 0.2) is 0 Å². The molecule has 0 aliphatic heterocycles. The number of nitrogens with one attached hydrogen (secondary N) is 1. The average molecular weight is 607 g/mol. The highest BCUT2D eigenvalue weighted by molar-refractivity contribution is 7.92. The third-order valence-corrected chi connectivity index (χ3v) is 8.71. The highest BCUT2D eigenvalue weighted by atomic mass is 35.5. The molecule has 0 unspecified atom stereocenters. The number of rotatable bonds is 12. The minimum absolute atomic E-state index is 0.0495. The van der Waals surface area contributed by atoms with Gasteiger partial charge in [0.1, 0.15) is 18.3 Å². The lowest BCUT2D eigenvalue weighted by Gasteiger charge is -2.32. The first-order valence-electron chi connectivity index (χ1n) is 12.7. The monoisotopic (exact) mass is 605 g/mol. The molecule has 0 aliphatic rings. The number of sulfonamides is 1. The molecule has 40 heavy (non-hydrogen) atoms. The van der Waals surface area contributed by atoms with Gasteiger partial charge in [-0.3, -0.25) is 13.9 Å². The fraction of sp³-hybridized carbons (Fsp3) is 0.310. The molecule has 11 heteroatoms. The molecule has 0 radical (unpaired) electrons. The SMILES string of the molecule is CC[C@@H](C)NC(=O)[C@H](C)N(Cc1cccc(OC)c1)C(=O)CN(c1cccc(Cl)c1)S(=O)(=O)c1ccc(Cl)cc1. The lowest BCUT2D eigenvalue weighted by atomic mass is 10.1. The van der Waals surface area contributed by atoms with Crippen LogP contribution in [0.1, 0.15) is 32.8 Å². The van der Waals surface area contributed by atoms with Gasteiger partial charge in [-0.15, -0.1) is 0 Å². The summed E-state index contributed by atoms with van der Waals surface area (Å²) >= 11 is 12.2. The van der Waals surface area contributed by atoms with Crippen molar-refractivity contribution in [3.8, 4) is 5.75 Å². The summed E-state index contributed by atoms with van der Waals surface area (Å²) in [5.41, 5.74) is 0.916. The van der Waals surface area contributed by atoms with E-state index in [0.29, 0.717) is 27.8 Å². The summed E-state index contributed by atoms with van der Waals surface area (Å²) in [6, 6.07) is 18.0. The molecule has 3 aromatic rings. The summed E-state index contributed by atoms with van der Waals surface area (Å²) in [6.07, 6.45) is 0.712. The highest BCUT2D eigenvalue weighted by Crippen LogP contribution is 2.27. The van der Waals surface area contributed by atoms with Crippen LogP contribution in [0.5, 0.6) is 5.75 Å². The van der Waals surface area contributed by atoms with Crippen LogP contribution < -0.4 is 14.4 Å². The largest absolute Gasteiger partial charge is 0.497 e. The number of hydrogen-bond acceptors (Lipinski definition) is 5. The van der Waals surface area contributed by atoms with Gasteiger partial charge in [0.05, 0.1) is 17.7 Å². The van der Waals surface area contributed by atoms with Crippen LogP contribution in [0.2, 0.25) is 10.0 Å². The molecule has 0 heterocycles. The number of amides is 2. The Morgan fingerprint density at radius 3 is 2.25 bits per heavy atom. The Bertz CT molecular complexity index is 1430. The first-order chi connectivity index (χ1) is 19.0. The number of nitrogens with zero attached hydrogens (tertiary/aromatic N) is 2. The number of benzene rings is 3. The molecule has 2 atom stereocenters. The summed E-state index contributed by atoms with van der Waals surface area (Å²) in [6.45, 7) is 4.91. The fourth-order valence-electron chi connectivity index (χ4n) is 3.91. The van der Waals surface area contributed by atoms with E-state index in [2.05, 4.69) is 5.32 Å². The maximum absolute atomic E-state index is 14.0. The van der Waals surface area contributed by atoms with E-state index >= 15 is 0 Å². The standard InChI is InChI=1S/C29H33Cl2N3O5S/c1-5-20(2)32-29(36)21(3)33(18-22-8-6-11-26(16-22)39-4)28(35)19-34(25-10-7-9-24(31)17-25)40(37,38)27-14-12-23(30)13-15-27/h6-17,20-21H,5,18-19H2,1-4H3,(H,32,36)/t20-,21+/m1/s1. The molecular formula is C29H33Cl2N3O5S. The normalized spacial score (nSPS) is 12.8. The van der Waals surface area contributed by atoms with Crippen LogP contribution in [-0.2, 0) is 26.2 Å². The zero-order valence-electron chi connectivity index (χ0n) is 22.8. The number of carbonyl (C=O) groups excluding carboxylic acids is 2. The van der Waals surface area contributed by atoms with Gasteiger partial charge in [-0.1, -0.05) is 48.3 Å². The van der Waals surface area contributed by atoms with Gasteiger partial charge in [0, 0.05) is 22.6 Å². The highest BCUT2D eigenvalue weighted by Gasteiger charge is 2.33. The predicted molar refractivity (Wildman–Crippen MR) is 158 cm³/mol. The lowest BCUT2D eigenvalue weighted by molar-refractivity contribution is -0.139. The molecule has 0 fully saturated rings. The fourth-order valence-corrected chi connectivity index (χ4v) is 5.63. The maximum Gasteiger partial charge on any atom is 0.264 e. The van der Waals surface area contributed by atoms with Gasteiger partial charge in [-0.2, -0.15) is 0 Å². The van der Waals surface area contributed by atoms with Crippen molar-refractivity contribution in [2.45, 2.75) is 50.7 Å². The molecular weight excluding hydrogens is 573 g/mol. The third kappa shape index (κ3) is 7.90. The quantitative estimate of drug-likeness (QED) is 0.293. The second kappa shape index (κ2) is 13.9. The Morgan fingerprint density at radius 2 is 1.62 bits per heavy atom. The van der Waals surface area contributed by atoms with Crippen molar-refractivity contribution < 1.29 is 22.7 Å². The Balaban J connectivity index is 2.03. The minimum Gasteiger partial charge on any atom is -0.497 e. The third-order valence-electron chi connectivity index (χ3n) is 6.43. The molecule has 0 aliphatic carbocycles. The zero-order valence-corrected chi connectivity index (χ0v) is 25.1. The average Bonchev–Trinajstić information content (AvgIpc) is 2.94. The first kappa shape index (κ1) is 31.3. The van der Waals surface area contributed by atoms with Gasteiger partial charge in [-0.05, 0) is 80.4 Å². The van der Waals surface area contributed by atoms with Crippen LogP contribution >= 0.6 is 23.2 Å². The van der Waals surface area contributed by atoms with Gasteiger partial charge < -0.3 is 15.0 Å². The topological polar surface area (TPSA) is 96.0 Å². The first-order valence-corrected chi connectivity index (χ1v) is 14.9. The molecule has 8 nitrogen and oxygen atoms in total. The molecule has 0 spiro atoms. The molecule has 0 bridgehead atoms. The summed E-state index contributed by atoms with van der Waals surface area (Å²) in [4.78, 5) is 28.4. The van der Waals surface area contributed by atoms with Crippen molar-refractivity contribution >= 4 is 50.7 Å². The number of carbonyl (C=O) groups is 2. The van der Waals surface area contributed by atoms with E-state index in [9.17, 15) is 18.0 Å². The molecule has 0 saturated carbocycles. The molecule has 3 rings (SSSR count). The molecule has 2 amide bonds. The van der Waals surface area contributed by atoms with Gasteiger partial charge in [0.25, 0.3) is 10.0 Å². The number of hydrogen-bond donors (Lipinski definition) is 1. The lowest BCUT2D eigenvalue weighted by Crippen LogP contribution is -2.52. The Kier molecular flexibility index (Phi) is 10.8.